The molecule has 1 N–H and O–H groups in total. The molecule has 17 heavy (non-hydrogen) atoms. The second-order valence-electron chi connectivity index (χ2n) is 5.62. The molecule has 0 aliphatic heterocycles. The average molecular weight is 243 g/mol. The van der Waals surface area contributed by atoms with E-state index < -0.39 is 0 Å². The van der Waals surface area contributed by atoms with E-state index in [2.05, 4.69) is 19.2 Å². The van der Waals surface area contributed by atoms with Crippen LogP contribution in [0.3, 0.4) is 0 Å². The van der Waals surface area contributed by atoms with Gasteiger partial charge in [-0.25, -0.2) is 0 Å². The summed E-state index contributed by atoms with van der Waals surface area (Å²) in [7, 11) is 1.76. The van der Waals surface area contributed by atoms with Crippen LogP contribution in [0.4, 0.5) is 0 Å². The van der Waals surface area contributed by atoms with E-state index in [1.807, 2.05) is 0 Å². The highest BCUT2D eigenvalue weighted by atomic mass is 16.5. The Morgan fingerprint density at radius 1 is 1.18 bits per heavy atom. The number of methoxy groups -OCH3 is 1. The smallest absolute Gasteiger partial charge is 0.0644 e. The highest BCUT2D eigenvalue weighted by Crippen LogP contribution is 2.17. The third-order valence-electron chi connectivity index (χ3n) is 3.65. The third-order valence-corrected chi connectivity index (χ3v) is 3.65. The van der Waals surface area contributed by atoms with Crippen LogP contribution in [0.1, 0.15) is 52.4 Å². The quantitative estimate of drug-likeness (QED) is 0.632. The van der Waals surface area contributed by atoms with Crippen LogP contribution in [0.5, 0.6) is 0 Å². The minimum atomic E-state index is -0.0535. The van der Waals surface area contributed by atoms with Crippen molar-refractivity contribution in [3.63, 3.8) is 0 Å². The van der Waals surface area contributed by atoms with Crippen LogP contribution < -0.4 is 5.32 Å². The summed E-state index contributed by atoms with van der Waals surface area (Å²) in [6.45, 7) is 6.94. The molecule has 0 aromatic heterocycles. The maximum absolute atomic E-state index is 5.62. The summed E-state index contributed by atoms with van der Waals surface area (Å²) < 4.78 is 11.0. The summed E-state index contributed by atoms with van der Waals surface area (Å²) in [4.78, 5) is 0. The van der Waals surface area contributed by atoms with Crippen molar-refractivity contribution in [1.29, 1.82) is 0 Å². The topological polar surface area (TPSA) is 30.5 Å². The predicted octanol–water partition coefficient (Wildman–Crippen LogP) is 2.74. The molecular weight excluding hydrogens is 214 g/mol. The molecule has 0 aromatic rings. The van der Waals surface area contributed by atoms with Gasteiger partial charge in [-0.15, -0.1) is 0 Å². The van der Waals surface area contributed by atoms with Crippen molar-refractivity contribution in [2.24, 2.45) is 0 Å². The van der Waals surface area contributed by atoms with Gasteiger partial charge in [-0.05, 0) is 46.1 Å². The van der Waals surface area contributed by atoms with E-state index in [0.29, 0.717) is 0 Å². The van der Waals surface area contributed by atoms with Gasteiger partial charge in [0.25, 0.3) is 0 Å². The normalized spacial score (nSPS) is 17.8. The highest BCUT2D eigenvalue weighted by molar-refractivity contribution is 4.73. The molecule has 0 bridgehead atoms. The first-order valence-electron chi connectivity index (χ1n) is 7.00. The fraction of sp³-hybridized carbons (Fsp3) is 1.00. The molecule has 0 aromatic carbocycles. The van der Waals surface area contributed by atoms with Crippen LogP contribution in [0.25, 0.3) is 0 Å². The summed E-state index contributed by atoms with van der Waals surface area (Å²) in [6.07, 6.45) is 7.61. The maximum atomic E-state index is 5.62. The summed E-state index contributed by atoms with van der Waals surface area (Å²) in [5, 5.41) is 3.60. The van der Waals surface area contributed by atoms with Gasteiger partial charge in [-0.2, -0.15) is 0 Å². The fourth-order valence-electron chi connectivity index (χ4n) is 2.13. The Kier molecular flexibility index (Phi) is 7.09. The molecule has 0 atom stereocenters. The predicted molar refractivity (Wildman–Crippen MR) is 71.4 cm³/mol. The van der Waals surface area contributed by atoms with Crippen molar-refractivity contribution in [2.45, 2.75) is 64.0 Å². The molecule has 1 aliphatic carbocycles. The van der Waals surface area contributed by atoms with Gasteiger partial charge in [0.1, 0.15) is 0 Å². The van der Waals surface area contributed by atoms with E-state index in [-0.39, 0.29) is 5.60 Å². The second-order valence-corrected chi connectivity index (χ2v) is 5.62. The molecule has 1 rings (SSSR count). The molecule has 0 saturated heterocycles. The second kappa shape index (κ2) is 8.06. The van der Waals surface area contributed by atoms with Crippen LogP contribution in [0.2, 0.25) is 0 Å². The first-order chi connectivity index (χ1) is 8.14. The standard InChI is InChI=1S/C14H29NO2/c1-14(2,16-3)9-12-17-11-6-10-15-13-7-4-5-8-13/h13,15H,4-12H2,1-3H3. The van der Waals surface area contributed by atoms with Crippen molar-refractivity contribution in [2.75, 3.05) is 26.9 Å². The summed E-state index contributed by atoms with van der Waals surface area (Å²) in [5.74, 6) is 0. The van der Waals surface area contributed by atoms with Gasteiger partial charge in [0.15, 0.2) is 0 Å². The summed E-state index contributed by atoms with van der Waals surface area (Å²) in [6, 6.07) is 0.780. The monoisotopic (exact) mass is 243 g/mol. The Morgan fingerprint density at radius 3 is 2.53 bits per heavy atom. The molecule has 1 aliphatic rings. The van der Waals surface area contributed by atoms with E-state index >= 15 is 0 Å². The van der Waals surface area contributed by atoms with Crippen molar-refractivity contribution < 1.29 is 9.47 Å². The lowest BCUT2D eigenvalue weighted by Crippen LogP contribution is -2.28. The largest absolute Gasteiger partial charge is 0.381 e. The third kappa shape index (κ3) is 7.02. The van der Waals surface area contributed by atoms with Crippen LogP contribution in [0.15, 0.2) is 0 Å². The van der Waals surface area contributed by atoms with E-state index in [9.17, 15) is 0 Å². The molecule has 1 saturated carbocycles. The molecule has 0 amide bonds. The zero-order valence-corrected chi connectivity index (χ0v) is 11.8. The molecular formula is C14H29NO2. The Labute approximate surface area is 106 Å². The van der Waals surface area contributed by atoms with Crippen LogP contribution >= 0.6 is 0 Å². The molecule has 0 radical (unpaired) electrons. The fourth-order valence-corrected chi connectivity index (χ4v) is 2.13. The highest BCUT2D eigenvalue weighted by Gasteiger charge is 2.15. The lowest BCUT2D eigenvalue weighted by Gasteiger charge is -2.22. The van der Waals surface area contributed by atoms with Crippen molar-refractivity contribution >= 4 is 0 Å². The van der Waals surface area contributed by atoms with E-state index in [1.54, 1.807) is 7.11 Å². The van der Waals surface area contributed by atoms with E-state index in [4.69, 9.17) is 9.47 Å². The molecule has 0 spiro atoms. The molecule has 0 unspecified atom stereocenters. The number of hydrogen-bond acceptors (Lipinski definition) is 3. The lowest BCUT2D eigenvalue weighted by molar-refractivity contribution is -0.00997. The molecule has 102 valence electrons. The first-order valence-corrected chi connectivity index (χ1v) is 7.00. The summed E-state index contributed by atoms with van der Waals surface area (Å²) >= 11 is 0. The van der Waals surface area contributed by atoms with Gasteiger partial charge in [0.2, 0.25) is 0 Å². The van der Waals surface area contributed by atoms with Gasteiger partial charge in [0, 0.05) is 26.4 Å². The number of hydrogen-bond donors (Lipinski definition) is 1. The van der Waals surface area contributed by atoms with Crippen molar-refractivity contribution in [3.05, 3.63) is 0 Å². The van der Waals surface area contributed by atoms with Crippen molar-refractivity contribution in [1.82, 2.24) is 5.32 Å². The Hall–Kier alpha value is -0.120. The minimum absolute atomic E-state index is 0.0535. The molecule has 0 heterocycles. The molecule has 3 nitrogen and oxygen atoms in total. The average Bonchev–Trinajstić information content (AvgIpc) is 2.81. The van der Waals surface area contributed by atoms with E-state index in [0.717, 1.165) is 38.6 Å². The minimum Gasteiger partial charge on any atom is -0.381 e. The maximum Gasteiger partial charge on any atom is 0.0644 e. The van der Waals surface area contributed by atoms with Gasteiger partial charge < -0.3 is 14.8 Å². The Bertz CT molecular complexity index is 189. The SMILES string of the molecule is COC(C)(C)CCOCCCNC1CCCC1. The molecule has 3 heteroatoms. The number of nitrogens with one attached hydrogen (secondary N) is 1. The van der Waals surface area contributed by atoms with Crippen LogP contribution in [-0.4, -0.2) is 38.5 Å². The number of rotatable bonds is 9. The Morgan fingerprint density at radius 2 is 1.88 bits per heavy atom. The Balaban J connectivity index is 1.84. The molecule has 1 fully saturated rings. The van der Waals surface area contributed by atoms with Gasteiger partial charge in [-0.1, -0.05) is 12.8 Å². The van der Waals surface area contributed by atoms with Crippen LogP contribution in [0, 0.1) is 0 Å². The van der Waals surface area contributed by atoms with Gasteiger partial charge in [0.05, 0.1) is 5.60 Å². The van der Waals surface area contributed by atoms with Gasteiger partial charge >= 0.3 is 0 Å². The number of ether oxygens (including phenoxy) is 2. The van der Waals surface area contributed by atoms with Crippen molar-refractivity contribution in [3.8, 4) is 0 Å². The zero-order valence-electron chi connectivity index (χ0n) is 11.8. The van der Waals surface area contributed by atoms with Crippen LogP contribution in [-0.2, 0) is 9.47 Å². The zero-order chi connectivity index (χ0) is 12.6. The summed E-state index contributed by atoms with van der Waals surface area (Å²) in [5.41, 5.74) is -0.0535. The van der Waals surface area contributed by atoms with Gasteiger partial charge in [-0.3, -0.25) is 0 Å². The first kappa shape index (κ1) is 14.9. The van der Waals surface area contributed by atoms with E-state index in [1.165, 1.54) is 25.7 Å². The lowest BCUT2D eigenvalue weighted by atomic mass is 10.1.